The van der Waals surface area contributed by atoms with Crippen LogP contribution in [0.15, 0.2) is 58.6 Å². The Hall–Kier alpha value is -2.88. The van der Waals surface area contributed by atoms with Gasteiger partial charge in [0.1, 0.15) is 0 Å². The fraction of sp³-hybridized carbons (Fsp3) is 0.263. The molecule has 0 aliphatic rings. The summed E-state index contributed by atoms with van der Waals surface area (Å²) in [6.07, 6.45) is 4.56. The van der Waals surface area contributed by atoms with Gasteiger partial charge in [-0.1, -0.05) is 0 Å². The lowest BCUT2D eigenvalue weighted by atomic mass is 10.2. The first-order valence-corrected chi connectivity index (χ1v) is 9.52. The predicted octanol–water partition coefficient (Wildman–Crippen LogP) is 4.22. The molecule has 0 aliphatic heterocycles. The quantitative estimate of drug-likeness (QED) is 0.580. The Morgan fingerprint density at radius 3 is 2.52 bits per heavy atom. The Bertz CT molecular complexity index is 1040. The number of rotatable bonds is 6. The Kier molecular flexibility index (Phi) is 5.92. The van der Waals surface area contributed by atoms with Crippen LogP contribution in [0.5, 0.6) is 5.88 Å². The van der Waals surface area contributed by atoms with E-state index >= 15 is 0 Å². The third-order valence-corrected chi connectivity index (χ3v) is 4.70. The van der Waals surface area contributed by atoms with Crippen LogP contribution in [0.3, 0.4) is 0 Å². The molecule has 0 bridgehead atoms. The van der Waals surface area contributed by atoms with Crippen molar-refractivity contribution in [2.75, 3.05) is 5.32 Å². The third kappa shape index (κ3) is 5.14. The SMILES string of the molecule is CC(C)Nc1cnccc1Cn1cc(O)n(-c2ccc(SC(F)(F)F)cc2)c1=O. The molecule has 154 valence electrons. The van der Waals surface area contributed by atoms with Gasteiger partial charge >= 0.3 is 11.2 Å². The monoisotopic (exact) mass is 424 g/mol. The van der Waals surface area contributed by atoms with Crippen LogP contribution in [0, 0.1) is 0 Å². The van der Waals surface area contributed by atoms with Crippen LogP contribution in [0.4, 0.5) is 18.9 Å². The van der Waals surface area contributed by atoms with Gasteiger partial charge in [0.2, 0.25) is 5.88 Å². The van der Waals surface area contributed by atoms with Crippen molar-refractivity contribution in [3.05, 3.63) is 65.0 Å². The number of imidazole rings is 1. The molecular weight excluding hydrogens is 405 g/mol. The van der Waals surface area contributed by atoms with E-state index in [1.165, 1.54) is 35.0 Å². The Balaban J connectivity index is 1.89. The highest BCUT2D eigenvalue weighted by atomic mass is 32.2. The zero-order chi connectivity index (χ0) is 21.2. The van der Waals surface area contributed by atoms with Crippen LogP contribution in [0.2, 0.25) is 0 Å². The maximum absolute atomic E-state index is 12.8. The van der Waals surface area contributed by atoms with Crippen LogP contribution in [-0.2, 0) is 6.54 Å². The lowest BCUT2D eigenvalue weighted by Gasteiger charge is -2.14. The zero-order valence-corrected chi connectivity index (χ0v) is 16.5. The minimum atomic E-state index is -4.39. The van der Waals surface area contributed by atoms with Crippen LogP contribution in [0.1, 0.15) is 19.4 Å². The summed E-state index contributed by atoms with van der Waals surface area (Å²) in [5, 5.41) is 13.5. The van der Waals surface area contributed by atoms with Gasteiger partial charge in [0.25, 0.3) is 0 Å². The topological polar surface area (TPSA) is 72.1 Å². The summed E-state index contributed by atoms with van der Waals surface area (Å²) >= 11 is -0.242. The Labute approximate surface area is 169 Å². The van der Waals surface area contributed by atoms with Crippen LogP contribution >= 0.6 is 11.8 Å². The van der Waals surface area contributed by atoms with Crippen molar-refractivity contribution in [2.45, 2.75) is 36.8 Å². The summed E-state index contributed by atoms with van der Waals surface area (Å²) in [5.41, 5.74) is -3.05. The van der Waals surface area contributed by atoms with Gasteiger partial charge in [0.05, 0.1) is 30.3 Å². The van der Waals surface area contributed by atoms with E-state index in [0.717, 1.165) is 15.8 Å². The van der Waals surface area contributed by atoms with E-state index in [1.54, 1.807) is 18.5 Å². The molecule has 2 aromatic heterocycles. The minimum Gasteiger partial charge on any atom is -0.493 e. The van der Waals surface area contributed by atoms with Crippen molar-refractivity contribution in [2.24, 2.45) is 0 Å². The standard InChI is InChI=1S/C19H19F3N4O2S/c1-12(2)24-16-9-23-8-7-13(16)10-25-11-17(27)26(18(25)28)14-3-5-15(6-4-14)29-19(20,21)22/h3-9,11-12,24,27H,10H2,1-2H3. The normalized spacial score (nSPS) is 11.8. The molecule has 0 spiro atoms. The van der Waals surface area contributed by atoms with Gasteiger partial charge in [0, 0.05) is 17.1 Å². The molecule has 10 heteroatoms. The molecule has 6 nitrogen and oxygen atoms in total. The molecule has 0 unspecified atom stereocenters. The second kappa shape index (κ2) is 8.24. The fourth-order valence-corrected chi connectivity index (χ4v) is 3.36. The van der Waals surface area contributed by atoms with Crippen LogP contribution in [-0.4, -0.2) is 30.8 Å². The maximum Gasteiger partial charge on any atom is 0.446 e. The number of hydrogen-bond acceptors (Lipinski definition) is 5. The average Bonchev–Trinajstić information content (AvgIpc) is 2.89. The first kappa shape index (κ1) is 20.8. The van der Waals surface area contributed by atoms with Gasteiger partial charge in [0.15, 0.2) is 0 Å². The van der Waals surface area contributed by atoms with Gasteiger partial charge in [-0.25, -0.2) is 9.36 Å². The number of nitrogens with zero attached hydrogens (tertiary/aromatic N) is 3. The van der Waals surface area contributed by atoms with E-state index in [4.69, 9.17) is 0 Å². The smallest absolute Gasteiger partial charge is 0.446 e. The summed E-state index contributed by atoms with van der Waals surface area (Å²) in [7, 11) is 0. The summed E-state index contributed by atoms with van der Waals surface area (Å²) in [4.78, 5) is 16.9. The van der Waals surface area contributed by atoms with Crippen LogP contribution in [0.25, 0.3) is 5.69 Å². The van der Waals surface area contributed by atoms with Crippen molar-refractivity contribution in [1.29, 1.82) is 0 Å². The van der Waals surface area contributed by atoms with Gasteiger partial charge in [-0.05, 0) is 61.5 Å². The molecule has 0 radical (unpaired) electrons. The number of nitrogens with one attached hydrogen (secondary N) is 1. The summed E-state index contributed by atoms with van der Waals surface area (Å²) in [5.74, 6) is -0.307. The largest absolute Gasteiger partial charge is 0.493 e. The van der Waals surface area contributed by atoms with Gasteiger partial charge in [-0.3, -0.25) is 9.55 Å². The maximum atomic E-state index is 12.8. The third-order valence-electron chi connectivity index (χ3n) is 3.96. The van der Waals surface area contributed by atoms with Gasteiger partial charge in [-0.2, -0.15) is 13.2 Å². The number of hydrogen-bond donors (Lipinski definition) is 2. The fourth-order valence-electron chi connectivity index (χ4n) is 2.82. The number of benzene rings is 1. The minimum absolute atomic E-state index is 0.00518. The van der Waals surface area contributed by atoms with E-state index in [9.17, 15) is 23.1 Å². The number of thioether (sulfide) groups is 1. The van der Waals surface area contributed by atoms with Crippen molar-refractivity contribution >= 4 is 17.4 Å². The van der Waals surface area contributed by atoms with Crippen molar-refractivity contribution < 1.29 is 18.3 Å². The first-order valence-electron chi connectivity index (χ1n) is 8.71. The Morgan fingerprint density at radius 2 is 1.90 bits per heavy atom. The van der Waals surface area contributed by atoms with Crippen LogP contribution < -0.4 is 11.0 Å². The highest BCUT2D eigenvalue weighted by Crippen LogP contribution is 2.37. The predicted molar refractivity (Wildman–Crippen MR) is 106 cm³/mol. The molecule has 0 fully saturated rings. The number of aromatic hydroxyl groups is 1. The van der Waals surface area contributed by atoms with E-state index in [2.05, 4.69) is 10.3 Å². The first-order chi connectivity index (χ1) is 13.6. The van der Waals surface area contributed by atoms with Gasteiger partial charge in [-0.15, -0.1) is 0 Å². The van der Waals surface area contributed by atoms with E-state index in [1.807, 2.05) is 13.8 Å². The Morgan fingerprint density at radius 1 is 1.21 bits per heavy atom. The summed E-state index contributed by atoms with van der Waals surface area (Å²) in [6, 6.07) is 7.17. The molecule has 0 saturated heterocycles. The molecule has 3 rings (SSSR count). The summed E-state index contributed by atoms with van der Waals surface area (Å²) < 4.78 is 39.8. The molecule has 0 amide bonds. The average molecular weight is 424 g/mol. The molecule has 0 saturated carbocycles. The lowest BCUT2D eigenvalue weighted by molar-refractivity contribution is -0.0328. The molecular formula is C19H19F3N4O2S. The van der Waals surface area contributed by atoms with Crippen molar-refractivity contribution in [1.82, 2.24) is 14.1 Å². The molecule has 2 N–H and O–H groups in total. The number of aromatic nitrogens is 3. The number of halogens is 3. The molecule has 3 aromatic rings. The van der Waals surface area contributed by atoms with E-state index in [-0.39, 0.29) is 40.8 Å². The summed E-state index contributed by atoms with van der Waals surface area (Å²) in [6.45, 7) is 4.15. The molecule has 2 heterocycles. The van der Waals surface area contributed by atoms with Crippen molar-refractivity contribution in [3.63, 3.8) is 0 Å². The molecule has 0 aliphatic carbocycles. The highest BCUT2D eigenvalue weighted by molar-refractivity contribution is 8.00. The van der Waals surface area contributed by atoms with Gasteiger partial charge < -0.3 is 10.4 Å². The molecule has 0 atom stereocenters. The second-order valence-corrected chi connectivity index (χ2v) is 7.75. The van der Waals surface area contributed by atoms with Crippen molar-refractivity contribution in [3.8, 4) is 11.6 Å². The lowest BCUT2D eigenvalue weighted by Crippen LogP contribution is -2.24. The zero-order valence-electron chi connectivity index (χ0n) is 15.6. The van der Waals surface area contributed by atoms with E-state index < -0.39 is 11.2 Å². The highest BCUT2D eigenvalue weighted by Gasteiger charge is 2.29. The second-order valence-electron chi connectivity index (χ2n) is 6.61. The number of alkyl halides is 3. The van der Waals surface area contributed by atoms with E-state index in [0.29, 0.717) is 0 Å². The molecule has 29 heavy (non-hydrogen) atoms. The molecule has 1 aromatic carbocycles. The number of anilines is 1. The number of pyridine rings is 1.